The number of hydrogen-bond donors (Lipinski definition) is 2. The Morgan fingerprint density at radius 3 is 2.88 bits per heavy atom. The molecule has 0 radical (unpaired) electrons. The van der Waals surface area contributed by atoms with Crippen LogP contribution >= 0.6 is 0 Å². The molecule has 0 spiro atoms. The molecule has 0 amide bonds. The van der Waals surface area contributed by atoms with Crippen molar-refractivity contribution in [1.82, 2.24) is 19.6 Å². The van der Waals surface area contributed by atoms with Gasteiger partial charge in [-0.2, -0.15) is 0 Å². The zero-order valence-corrected chi connectivity index (χ0v) is 19.1. The highest BCUT2D eigenvalue weighted by Gasteiger charge is 2.19. The Bertz CT molecular complexity index is 1310. The zero-order valence-electron chi connectivity index (χ0n) is 19.1. The molecule has 4 aromatic rings. The number of fused-ring (bicyclic) bond motifs is 1. The second-order valence-electron chi connectivity index (χ2n) is 8.53. The number of hydrogen-bond acceptors (Lipinski definition) is 7. The first kappa shape index (κ1) is 22.1. The van der Waals surface area contributed by atoms with E-state index in [1.54, 1.807) is 30.1 Å². The summed E-state index contributed by atoms with van der Waals surface area (Å²) in [5, 5.41) is 18.1. The van der Waals surface area contributed by atoms with Gasteiger partial charge in [-0.1, -0.05) is 0 Å². The minimum absolute atomic E-state index is 0.241. The number of nitrogens with one attached hydrogen (secondary N) is 1. The maximum Gasteiger partial charge on any atom is 0.154 e. The summed E-state index contributed by atoms with van der Waals surface area (Å²) < 4.78 is 21.0. The summed E-state index contributed by atoms with van der Waals surface area (Å²) in [5.41, 5.74) is 3.91. The molecule has 0 saturated carbocycles. The molecule has 1 saturated heterocycles. The van der Waals surface area contributed by atoms with Gasteiger partial charge in [-0.3, -0.25) is 4.98 Å². The smallest absolute Gasteiger partial charge is 0.154 e. The Morgan fingerprint density at radius 2 is 2.06 bits per heavy atom. The van der Waals surface area contributed by atoms with Crippen LogP contribution in [0.3, 0.4) is 0 Å². The molecule has 0 bridgehead atoms. The first-order valence-corrected chi connectivity index (χ1v) is 11.4. The van der Waals surface area contributed by atoms with Crippen molar-refractivity contribution in [3.63, 3.8) is 0 Å². The molecule has 176 valence electrons. The average molecular weight is 463 g/mol. The van der Waals surface area contributed by atoms with Gasteiger partial charge in [-0.05, 0) is 62.2 Å². The minimum Gasteiger partial charge on any atom is -0.496 e. The molecule has 1 fully saturated rings. The van der Waals surface area contributed by atoms with Crippen LogP contribution in [0.15, 0.2) is 54.9 Å². The first-order valence-electron chi connectivity index (χ1n) is 11.4. The van der Waals surface area contributed by atoms with Crippen LogP contribution in [0.5, 0.6) is 5.75 Å². The lowest BCUT2D eigenvalue weighted by molar-refractivity contribution is 0.154. The molecule has 1 aliphatic heterocycles. The van der Waals surface area contributed by atoms with Crippen molar-refractivity contribution in [3.8, 4) is 17.1 Å². The standard InChI is InChI=1S/C25H27FN6O2/c1-16(20-12-17(26)5-6-23(20)34-2)29-24-7-8-25-28-14-22(32(25)30-24)21-13-18(9-10-27-21)31-11-3-4-19(33)15-31/h5-10,12-14,16,19,33H,3-4,11,15H2,1-2H3,(H,29,30)/t16-,19-/m1/s1. The summed E-state index contributed by atoms with van der Waals surface area (Å²) in [4.78, 5) is 11.2. The minimum atomic E-state index is -0.322. The normalized spacial score (nSPS) is 17.1. The van der Waals surface area contributed by atoms with E-state index in [0.29, 0.717) is 29.3 Å². The summed E-state index contributed by atoms with van der Waals surface area (Å²) in [5.74, 6) is 0.896. The largest absolute Gasteiger partial charge is 0.496 e. The number of halogens is 1. The van der Waals surface area contributed by atoms with Crippen LogP contribution in [0.4, 0.5) is 15.9 Å². The SMILES string of the molecule is COc1ccc(F)cc1[C@@H](C)Nc1ccc2ncc(-c3cc(N4CCC[C@@H](O)C4)ccn3)n2n1. The number of anilines is 2. The van der Waals surface area contributed by atoms with Gasteiger partial charge >= 0.3 is 0 Å². The molecule has 2 N–H and O–H groups in total. The van der Waals surface area contributed by atoms with E-state index in [4.69, 9.17) is 9.84 Å². The molecule has 2 atom stereocenters. The number of aromatic nitrogens is 4. The summed E-state index contributed by atoms with van der Waals surface area (Å²) in [7, 11) is 1.57. The number of aliphatic hydroxyl groups excluding tert-OH is 1. The summed E-state index contributed by atoms with van der Waals surface area (Å²) in [6.45, 7) is 3.45. The van der Waals surface area contributed by atoms with Crippen LogP contribution < -0.4 is 15.0 Å². The van der Waals surface area contributed by atoms with Crippen molar-refractivity contribution in [2.75, 3.05) is 30.4 Å². The molecule has 34 heavy (non-hydrogen) atoms. The van der Waals surface area contributed by atoms with Crippen LogP contribution in [-0.2, 0) is 0 Å². The molecule has 1 aliphatic rings. The Hall–Kier alpha value is -3.72. The van der Waals surface area contributed by atoms with E-state index in [2.05, 4.69) is 20.2 Å². The van der Waals surface area contributed by atoms with Crippen molar-refractivity contribution in [2.45, 2.75) is 31.9 Å². The fourth-order valence-corrected chi connectivity index (χ4v) is 4.41. The van der Waals surface area contributed by atoms with E-state index >= 15 is 0 Å². The van der Waals surface area contributed by atoms with Crippen molar-refractivity contribution < 1.29 is 14.2 Å². The topological polar surface area (TPSA) is 87.8 Å². The zero-order chi connectivity index (χ0) is 23.7. The fraction of sp³-hybridized carbons (Fsp3) is 0.320. The Balaban J connectivity index is 1.44. The molecule has 0 unspecified atom stereocenters. The molecule has 9 heteroatoms. The third kappa shape index (κ3) is 4.38. The lowest BCUT2D eigenvalue weighted by atomic mass is 10.1. The lowest BCUT2D eigenvalue weighted by Gasteiger charge is -2.32. The van der Waals surface area contributed by atoms with Gasteiger partial charge in [-0.15, -0.1) is 5.10 Å². The molecule has 4 heterocycles. The van der Waals surface area contributed by atoms with E-state index in [-0.39, 0.29) is 18.0 Å². The quantitative estimate of drug-likeness (QED) is 0.447. The highest BCUT2D eigenvalue weighted by atomic mass is 19.1. The van der Waals surface area contributed by atoms with E-state index < -0.39 is 0 Å². The van der Waals surface area contributed by atoms with Gasteiger partial charge < -0.3 is 20.1 Å². The summed E-state index contributed by atoms with van der Waals surface area (Å²) in [6, 6.07) is 11.9. The van der Waals surface area contributed by atoms with Crippen molar-refractivity contribution in [3.05, 3.63) is 66.2 Å². The van der Waals surface area contributed by atoms with Gasteiger partial charge in [0.15, 0.2) is 5.65 Å². The average Bonchev–Trinajstić information content (AvgIpc) is 3.27. The second kappa shape index (κ2) is 9.26. The van der Waals surface area contributed by atoms with E-state index in [0.717, 1.165) is 36.5 Å². The van der Waals surface area contributed by atoms with E-state index in [9.17, 15) is 9.50 Å². The van der Waals surface area contributed by atoms with E-state index in [1.807, 2.05) is 31.2 Å². The first-order chi connectivity index (χ1) is 16.5. The molecule has 0 aliphatic carbocycles. The van der Waals surface area contributed by atoms with Crippen molar-refractivity contribution in [2.24, 2.45) is 0 Å². The maximum absolute atomic E-state index is 13.8. The number of methoxy groups -OCH3 is 1. The van der Waals surface area contributed by atoms with Crippen molar-refractivity contribution in [1.29, 1.82) is 0 Å². The number of piperidine rings is 1. The van der Waals surface area contributed by atoms with Gasteiger partial charge in [-0.25, -0.2) is 13.9 Å². The summed E-state index contributed by atoms with van der Waals surface area (Å²) in [6.07, 6.45) is 5.00. The molecular formula is C25H27FN6O2. The molecule has 3 aromatic heterocycles. The van der Waals surface area contributed by atoms with Crippen LogP contribution in [0.1, 0.15) is 31.4 Å². The maximum atomic E-state index is 13.8. The fourth-order valence-electron chi connectivity index (χ4n) is 4.41. The highest BCUT2D eigenvalue weighted by Crippen LogP contribution is 2.29. The number of aliphatic hydroxyl groups is 1. The van der Waals surface area contributed by atoms with Crippen LogP contribution in [0, 0.1) is 5.82 Å². The van der Waals surface area contributed by atoms with Crippen molar-refractivity contribution >= 4 is 17.2 Å². The van der Waals surface area contributed by atoms with Crippen LogP contribution in [0.25, 0.3) is 17.0 Å². The predicted molar refractivity (Wildman–Crippen MR) is 129 cm³/mol. The monoisotopic (exact) mass is 462 g/mol. The van der Waals surface area contributed by atoms with Crippen LogP contribution in [-0.4, -0.2) is 51.0 Å². The number of β-amino-alcohol motifs (C(OH)–C–C–N with tert-alkyl or cyclic N) is 1. The number of nitrogens with zero attached hydrogens (tertiary/aromatic N) is 5. The molecule has 8 nitrogen and oxygen atoms in total. The van der Waals surface area contributed by atoms with E-state index in [1.165, 1.54) is 12.1 Å². The van der Waals surface area contributed by atoms with Gasteiger partial charge in [0.2, 0.25) is 0 Å². The molecule has 1 aromatic carbocycles. The van der Waals surface area contributed by atoms with Gasteiger partial charge in [0, 0.05) is 30.5 Å². The second-order valence-corrected chi connectivity index (χ2v) is 8.53. The number of benzene rings is 1. The van der Waals surface area contributed by atoms with Gasteiger partial charge in [0.25, 0.3) is 0 Å². The van der Waals surface area contributed by atoms with Gasteiger partial charge in [0.1, 0.15) is 23.1 Å². The lowest BCUT2D eigenvalue weighted by Crippen LogP contribution is -2.38. The predicted octanol–water partition coefficient (Wildman–Crippen LogP) is 4.07. The molecular weight excluding hydrogens is 435 g/mol. The highest BCUT2D eigenvalue weighted by molar-refractivity contribution is 5.65. The molecule has 5 rings (SSSR count). The third-order valence-corrected chi connectivity index (χ3v) is 6.15. The number of pyridine rings is 1. The number of rotatable bonds is 6. The number of imidazole rings is 1. The Morgan fingerprint density at radius 1 is 1.18 bits per heavy atom. The number of ether oxygens (including phenoxy) is 1. The van der Waals surface area contributed by atoms with Gasteiger partial charge in [0.05, 0.1) is 31.1 Å². The van der Waals surface area contributed by atoms with Crippen LogP contribution in [0.2, 0.25) is 0 Å². The summed E-state index contributed by atoms with van der Waals surface area (Å²) >= 11 is 0. The third-order valence-electron chi connectivity index (χ3n) is 6.15. The Labute approximate surface area is 197 Å². The Kier molecular flexibility index (Phi) is 6.02.